The van der Waals surface area contributed by atoms with Crippen LogP contribution in [0.1, 0.15) is 0 Å². The number of pyridine rings is 3. The predicted octanol–water partition coefficient (Wildman–Crippen LogP) is 14.7. The van der Waals surface area contributed by atoms with Gasteiger partial charge in [0.05, 0.1) is 22.6 Å². The minimum Gasteiger partial charge on any atom is -0.310 e. The van der Waals surface area contributed by atoms with Crippen LogP contribution in [0.25, 0.3) is 86.7 Å². The molecule has 5 heteroatoms. The Balaban J connectivity index is 0.994. The van der Waals surface area contributed by atoms with E-state index in [-0.39, 0.29) is 0 Å². The van der Waals surface area contributed by atoms with Crippen molar-refractivity contribution in [2.24, 2.45) is 0 Å². The summed E-state index contributed by atoms with van der Waals surface area (Å²) in [6.45, 7) is 0. The molecule has 4 heterocycles. The Kier molecular flexibility index (Phi) is 8.30. The van der Waals surface area contributed by atoms with E-state index in [9.17, 15) is 0 Å². The molecule has 0 N–H and O–H groups in total. The molecular weight excluding hydrogens is 725 g/mol. The van der Waals surface area contributed by atoms with Gasteiger partial charge in [-0.05, 0) is 100 Å². The average molecular weight is 759 g/mol. The van der Waals surface area contributed by atoms with Crippen molar-refractivity contribution in [3.05, 3.63) is 207 Å². The van der Waals surface area contributed by atoms with Crippen LogP contribution in [0.2, 0.25) is 0 Å². The molecule has 0 bridgehead atoms. The molecule has 4 nitrogen and oxygen atoms in total. The molecule has 0 saturated carbocycles. The number of nitrogens with zero attached hydrogens (tertiary/aromatic N) is 4. The van der Waals surface area contributed by atoms with Gasteiger partial charge in [-0.3, -0.25) is 9.97 Å². The second kappa shape index (κ2) is 14.2. The maximum Gasteiger partial charge on any atom is 0.0907 e. The third-order valence-electron chi connectivity index (χ3n) is 11.0. The monoisotopic (exact) mass is 758 g/mol. The van der Waals surface area contributed by atoms with Crippen molar-refractivity contribution in [1.29, 1.82) is 0 Å². The highest BCUT2D eigenvalue weighted by Crippen LogP contribution is 2.40. The normalized spacial score (nSPS) is 11.4. The molecule has 7 aromatic carbocycles. The highest BCUT2D eigenvalue weighted by Gasteiger charge is 2.17. The van der Waals surface area contributed by atoms with Gasteiger partial charge in [0, 0.05) is 66.0 Å². The van der Waals surface area contributed by atoms with E-state index >= 15 is 0 Å². The molecule has 0 aliphatic carbocycles. The fourth-order valence-corrected chi connectivity index (χ4v) is 9.22. The molecule has 0 amide bonds. The standard InChI is InChI=1S/C53H34N4S/c1-2-10-35(11-3-1)36-18-23-40(24-19-36)57(41-25-20-37(21-26-41)38-22-27-52-47(32-38)45-14-7-9-17-51(45)58-52)42-29-31-55-50(34-42)49-33-39(28-30-54-49)53-46-15-5-4-12-43(46)44-13-6-8-16-48(44)56-53/h1-34H. The van der Waals surface area contributed by atoms with Crippen LogP contribution in [-0.4, -0.2) is 15.0 Å². The molecule has 0 fully saturated rings. The summed E-state index contributed by atoms with van der Waals surface area (Å²) in [5, 5.41) is 6.04. The van der Waals surface area contributed by atoms with Gasteiger partial charge in [0.25, 0.3) is 0 Å². The Morgan fingerprint density at radius 3 is 1.69 bits per heavy atom. The number of fused-ring (bicyclic) bond motifs is 6. The molecule has 11 rings (SSSR count). The Morgan fingerprint density at radius 1 is 0.345 bits per heavy atom. The highest BCUT2D eigenvalue weighted by molar-refractivity contribution is 7.25. The minimum absolute atomic E-state index is 0.781. The fraction of sp³-hybridized carbons (Fsp3) is 0. The number of thiophene rings is 1. The number of aromatic nitrogens is 3. The summed E-state index contributed by atoms with van der Waals surface area (Å²) in [7, 11) is 0. The first-order valence-electron chi connectivity index (χ1n) is 19.4. The topological polar surface area (TPSA) is 41.9 Å². The third kappa shape index (κ3) is 6.06. The van der Waals surface area contributed by atoms with Gasteiger partial charge in [0.2, 0.25) is 0 Å². The van der Waals surface area contributed by atoms with E-state index in [2.05, 4.69) is 187 Å². The van der Waals surface area contributed by atoms with E-state index in [0.717, 1.165) is 56.0 Å². The first-order valence-corrected chi connectivity index (χ1v) is 20.2. The smallest absolute Gasteiger partial charge is 0.0907 e. The van der Waals surface area contributed by atoms with Crippen molar-refractivity contribution in [2.45, 2.75) is 0 Å². The Labute approximate surface area is 340 Å². The lowest BCUT2D eigenvalue weighted by Crippen LogP contribution is -2.10. The zero-order valence-electron chi connectivity index (χ0n) is 31.3. The molecule has 58 heavy (non-hydrogen) atoms. The highest BCUT2D eigenvalue weighted by atomic mass is 32.1. The molecule has 0 saturated heterocycles. The SMILES string of the molecule is c1ccc(-c2ccc(N(c3ccc(-c4ccc5sc6ccccc6c5c4)cc3)c3ccnc(-c4cc(-c5nc6ccccc6c6ccccc56)ccn4)c3)cc2)cc1. The van der Waals surface area contributed by atoms with Gasteiger partial charge >= 0.3 is 0 Å². The number of hydrogen-bond donors (Lipinski definition) is 0. The lowest BCUT2D eigenvalue weighted by molar-refractivity contribution is 1.21. The van der Waals surface area contributed by atoms with Gasteiger partial charge in [-0.1, -0.05) is 121 Å². The molecule has 0 aliphatic heterocycles. The van der Waals surface area contributed by atoms with Crippen molar-refractivity contribution in [3.8, 4) is 44.9 Å². The van der Waals surface area contributed by atoms with Crippen molar-refractivity contribution in [2.75, 3.05) is 4.90 Å². The van der Waals surface area contributed by atoms with E-state index in [1.807, 2.05) is 35.9 Å². The number of rotatable bonds is 7. The van der Waals surface area contributed by atoms with Crippen LogP contribution in [-0.2, 0) is 0 Å². The molecule has 4 aromatic heterocycles. The maximum absolute atomic E-state index is 5.16. The summed E-state index contributed by atoms with van der Waals surface area (Å²) in [6.07, 6.45) is 3.74. The number of benzene rings is 7. The minimum atomic E-state index is 0.781. The van der Waals surface area contributed by atoms with Crippen LogP contribution in [0.15, 0.2) is 207 Å². The molecule has 0 spiro atoms. The van der Waals surface area contributed by atoms with Crippen molar-refractivity contribution < 1.29 is 0 Å². The van der Waals surface area contributed by atoms with E-state index in [4.69, 9.17) is 15.0 Å². The van der Waals surface area contributed by atoms with E-state index in [0.29, 0.717) is 0 Å². The molecule has 0 aliphatic rings. The van der Waals surface area contributed by atoms with Crippen LogP contribution < -0.4 is 4.90 Å². The van der Waals surface area contributed by atoms with Crippen molar-refractivity contribution in [3.63, 3.8) is 0 Å². The van der Waals surface area contributed by atoms with Gasteiger partial charge in [-0.25, -0.2) is 4.98 Å². The molecule has 11 aromatic rings. The molecule has 272 valence electrons. The summed E-state index contributed by atoms with van der Waals surface area (Å²) in [5.74, 6) is 0. The number of hydrogen-bond acceptors (Lipinski definition) is 5. The molecule has 0 atom stereocenters. The maximum atomic E-state index is 5.16. The lowest BCUT2D eigenvalue weighted by Gasteiger charge is -2.26. The number of para-hydroxylation sites is 1. The first-order chi connectivity index (χ1) is 28.7. The second-order valence-corrected chi connectivity index (χ2v) is 15.5. The van der Waals surface area contributed by atoms with Crippen LogP contribution in [0.4, 0.5) is 17.1 Å². The first kappa shape index (κ1) is 33.8. The van der Waals surface area contributed by atoms with Crippen molar-refractivity contribution >= 4 is 70.2 Å². The Hall–Kier alpha value is -7.47. The Bertz CT molecular complexity index is 3280. The molecular formula is C53H34N4S. The summed E-state index contributed by atoms with van der Waals surface area (Å²) < 4.78 is 2.62. The zero-order chi connectivity index (χ0) is 38.4. The molecule has 0 unspecified atom stereocenters. The average Bonchev–Trinajstić information content (AvgIpc) is 3.68. The summed E-state index contributed by atoms with van der Waals surface area (Å²) in [6, 6.07) is 68.8. The number of anilines is 3. The summed E-state index contributed by atoms with van der Waals surface area (Å²) in [5.41, 5.74) is 12.3. The van der Waals surface area contributed by atoms with E-state index in [1.165, 1.54) is 47.8 Å². The quantitative estimate of drug-likeness (QED) is 0.152. The van der Waals surface area contributed by atoms with Gasteiger partial charge < -0.3 is 4.90 Å². The zero-order valence-corrected chi connectivity index (χ0v) is 32.1. The third-order valence-corrected chi connectivity index (χ3v) is 12.1. The van der Waals surface area contributed by atoms with Crippen molar-refractivity contribution in [1.82, 2.24) is 15.0 Å². The van der Waals surface area contributed by atoms with Crippen LogP contribution in [0, 0.1) is 0 Å². The van der Waals surface area contributed by atoms with E-state index < -0.39 is 0 Å². The van der Waals surface area contributed by atoms with Crippen LogP contribution in [0.3, 0.4) is 0 Å². The summed E-state index contributed by atoms with van der Waals surface area (Å²) in [4.78, 5) is 17.2. The molecule has 0 radical (unpaired) electrons. The van der Waals surface area contributed by atoms with Gasteiger partial charge in [-0.2, -0.15) is 0 Å². The van der Waals surface area contributed by atoms with Crippen LogP contribution in [0.5, 0.6) is 0 Å². The van der Waals surface area contributed by atoms with Crippen LogP contribution >= 0.6 is 11.3 Å². The van der Waals surface area contributed by atoms with Gasteiger partial charge in [-0.15, -0.1) is 11.3 Å². The predicted molar refractivity (Wildman–Crippen MR) is 244 cm³/mol. The largest absolute Gasteiger partial charge is 0.310 e. The van der Waals surface area contributed by atoms with Gasteiger partial charge in [0.1, 0.15) is 0 Å². The lowest BCUT2D eigenvalue weighted by atomic mass is 10.00. The Morgan fingerprint density at radius 2 is 0.914 bits per heavy atom. The summed E-state index contributed by atoms with van der Waals surface area (Å²) >= 11 is 1.85. The second-order valence-electron chi connectivity index (χ2n) is 14.5. The van der Waals surface area contributed by atoms with E-state index in [1.54, 1.807) is 0 Å². The van der Waals surface area contributed by atoms with Gasteiger partial charge in [0.15, 0.2) is 0 Å². The fourth-order valence-electron chi connectivity index (χ4n) is 8.13.